The van der Waals surface area contributed by atoms with Gasteiger partial charge in [-0.3, -0.25) is 4.79 Å². The van der Waals surface area contributed by atoms with Crippen molar-refractivity contribution in [3.63, 3.8) is 0 Å². The standard InChI is InChI=1S/C51H72Cl2O19/c1-13-30-34(37(56)36(53)38(57)35(30)52)48(63)69-43-28(8)67-50(44(65-12)41(43)60)66-22-29-16-14-15-17-31(55)25(5)21-33(64-11)42(26(6)20-24(4)18-19-32(27(7)54)68-47(29)62)70-49-40(59)39(58)45(51(9,10)72-49)71-46(61)23(2)3/h14-16,18,20-21,23,27-28,31-33,39-45,49-50,54-60H,13,17,19,22H2,1-12H3. The van der Waals surface area contributed by atoms with Gasteiger partial charge < -0.3 is 78.4 Å². The van der Waals surface area contributed by atoms with E-state index >= 15 is 0 Å². The largest absolute Gasteiger partial charge is 0.505 e. The Balaban J connectivity index is 1.61. The third-order valence-corrected chi connectivity index (χ3v) is 13.4. The van der Waals surface area contributed by atoms with Gasteiger partial charge in [0.15, 0.2) is 36.3 Å². The zero-order chi connectivity index (χ0) is 54.1. The molecule has 7 N–H and O–H groups in total. The summed E-state index contributed by atoms with van der Waals surface area (Å²) in [6.45, 7) is 15.8. The second kappa shape index (κ2) is 26.5. The van der Waals surface area contributed by atoms with Crippen LogP contribution in [0.4, 0.5) is 0 Å². The first-order valence-corrected chi connectivity index (χ1v) is 24.5. The normalized spacial score (nSPS) is 31.5. The van der Waals surface area contributed by atoms with Crippen LogP contribution in [0.15, 0.2) is 58.7 Å². The molecule has 0 bridgehead atoms. The van der Waals surface area contributed by atoms with E-state index in [0.717, 1.165) is 0 Å². The third kappa shape index (κ3) is 14.7. The van der Waals surface area contributed by atoms with E-state index in [1.165, 1.54) is 40.2 Å². The molecule has 0 radical (unpaired) electrons. The Hall–Kier alpha value is -3.93. The van der Waals surface area contributed by atoms with Crippen LogP contribution in [0.1, 0.15) is 98.0 Å². The van der Waals surface area contributed by atoms with Crippen LogP contribution < -0.4 is 0 Å². The fourth-order valence-electron chi connectivity index (χ4n) is 8.28. The van der Waals surface area contributed by atoms with E-state index in [-0.39, 0.29) is 35.4 Å². The number of allylic oxidation sites excluding steroid dienone is 4. The van der Waals surface area contributed by atoms with Crippen LogP contribution in [0.25, 0.3) is 0 Å². The van der Waals surface area contributed by atoms with Gasteiger partial charge in [0.2, 0.25) is 0 Å². The number of phenolic OH excluding ortho intramolecular Hbond substituents is 2. The van der Waals surface area contributed by atoms with Gasteiger partial charge >= 0.3 is 17.9 Å². The van der Waals surface area contributed by atoms with E-state index in [2.05, 4.69) is 0 Å². The number of phenols is 2. The smallest absolute Gasteiger partial charge is 0.342 e. The number of carbonyl (C=O) groups is 3. The zero-order valence-electron chi connectivity index (χ0n) is 42.7. The monoisotopic (exact) mass is 1060 g/mol. The van der Waals surface area contributed by atoms with E-state index < -0.39 is 144 Å². The van der Waals surface area contributed by atoms with Gasteiger partial charge in [-0.2, -0.15) is 0 Å². The van der Waals surface area contributed by atoms with E-state index in [1.807, 2.05) is 0 Å². The van der Waals surface area contributed by atoms with Crippen LogP contribution >= 0.6 is 23.2 Å². The Morgan fingerprint density at radius 3 is 2.15 bits per heavy atom. The first-order valence-electron chi connectivity index (χ1n) is 23.7. The van der Waals surface area contributed by atoms with Gasteiger partial charge in [0.1, 0.15) is 58.9 Å². The molecule has 4 rings (SSSR count). The lowest BCUT2D eigenvalue weighted by Crippen LogP contribution is -2.64. The van der Waals surface area contributed by atoms with Crippen molar-refractivity contribution in [2.24, 2.45) is 5.92 Å². The van der Waals surface area contributed by atoms with Gasteiger partial charge in [0.25, 0.3) is 0 Å². The molecule has 21 heteroatoms. The Bertz CT molecular complexity index is 2220. The van der Waals surface area contributed by atoms with Crippen molar-refractivity contribution < 1.29 is 92.8 Å². The molecule has 404 valence electrons. The van der Waals surface area contributed by atoms with Crippen molar-refractivity contribution in [3.05, 3.63) is 79.9 Å². The fourth-order valence-corrected chi connectivity index (χ4v) is 8.84. The number of hydrogen-bond donors (Lipinski definition) is 7. The molecule has 3 aliphatic heterocycles. The molecule has 14 atom stereocenters. The van der Waals surface area contributed by atoms with E-state index in [1.54, 1.807) is 79.7 Å². The van der Waals surface area contributed by atoms with Crippen LogP contribution in [0.5, 0.6) is 11.5 Å². The lowest BCUT2D eigenvalue weighted by Gasteiger charge is -2.47. The summed E-state index contributed by atoms with van der Waals surface area (Å²) >= 11 is 12.3. The minimum atomic E-state index is -1.66. The molecule has 0 aromatic heterocycles. The lowest BCUT2D eigenvalue weighted by atomic mass is 9.89. The molecule has 14 unspecified atom stereocenters. The Labute approximate surface area is 430 Å². The summed E-state index contributed by atoms with van der Waals surface area (Å²) in [4.78, 5) is 40.0. The van der Waals surface area contributed by atoms with Crippen molar-refractivity contribution >= 4 is 41.1 Å². The number of methoxy groups -OCH3 is 2. The molecule has 2 fully saturated rings. The van der Waals surface area contributed by atoms with Crippen molar-refractivity contribution in [1.82, 2.24) is 0 Å². The molecule has 3 heterocycles. The van der Waals surface area contributed by atoms with Crippen LogP contribution in [-0.4, -0.2) is 166 Å². The number of esters is 3. The average Bonchev–Trinajstić information content (AvgIpc) is 3.32. The van der Waals surface area contributed by atoms with Crippen LogP contribution in [0.3, 0.4) is 0 Å². The molecule has 19 nitrogen and oxygen atoms in total. The quantitative estimate of drug-likeness (QED) is 0.0757. The zero-order valence-corrected chi connectivity index (χ0v) is 44.3. The Kier molecular flexibility index (Phi) is 22.3. The molecule has 1 aromatic carbocycles. The summed E-state index contributed by atoms with van der Waals surface area (Å²) in [5.41, 5.74) is -0.0586. The molecule has 0 aliphatic carbocycles. The average molecular weight is 1060 g/mol. The highest BCUT2D eigenvalue weighted by molar-refractivity contribution is 6.39. The number of aliphatic hydroxyl groups excluding tert-OH is 5. The number of aliphatic hydroxyl groups is 5. The Morgan fingerprint density at radius 1 is 0.889 bits per heavy atom. The molecule has 1 aromatic rings. The molecule has 2 saturated heterocycles. The predicted octanol–water partition coefficient (Wildman–Crippen LogP) is 5.22. The summed E-state index contributed by atoms with van der Waals surface area (Å²) in [6.07, 6.45) is -7.99. The van der Waals surface area contributed by atoms with E-state index in [0.29, 0.717) is 16.7 Å². The summed E-state index contributed by atoms with van der Waals surface area (Å²) in [6, 6.07) is 0. The number of cyclic esters (lactones) is 1. The van der Waals surface area contributed by atoms with Crippen LogP contribution in [-0.2, 0) is 58.6 Å². The van der Waals surface area contributed by atoms with E-state index in [4.69, 9.17) is 65.8 Å². The maximum atomic E-state index is 13.9. The van der Waals surface area contributed by atoms with E-state index in [9.17, 15) is 50.1 Å². The predicted molar refractivity (Wildman–Crippen MR) is 262 cm³/mol. The summed E-state index contributed by atoms with van der Waals surface area (Å²) < 4.78 is 53.2. The molecule has 0 amide bonds. The molecular formula is C51H72Cl2O19. The SMILES string of the molecule is CCc1c(Cl)c(O)c(Cl)c(O)c1C(=O)OC1C(C)OC(OCC2=CC=CCC(O)C(C)=CC(OC)C(OC3OC(C)(C)C(OC(=O)C(C)C)C(O)C3O)C(C)=CC(C)=CCC(C(C)O)OC2=O)C(OC)C1O. The first-order chi connectivity index (χ1) is 33.7. The summed E-state index contributed by atoms with van der Waals surface area (Å²) in [5, 5.41) is 76.3. The number of carbonyl (C=O) groups excluding carboxylic acids is 3. The highest BCUT2D eigenvalue weighted by Gasteiger charge is 2.53. The topological polar surface area (TPSA) is 276 Å². The lowest BCUT2D eigenvalue weighted by molar-refractivity contribution is -0.335. The summed E-state index contributed by atoms with van der Waals surface area (Å²) in [7, 11) is 2.70. The molecule has 3 aliphatic rings. The van der Waals surface area contributed by atoms with Gasteiger partial charge in [-0.1, -0.05) is 79.9 Å². The second-order valence-corrected chi connectivity index (χ2v) is 19.7. The van der Waals surface area contributed by atoms with Gasteiger partial charge in [-0.25, -0.2) is 9.59 Å². The van der Waals surface area contributed by atoms with Gasteiger partial charge in [0.05, 0.1) is 41.4 Å². The molecule has 72 heavy (non-hydrogen) atoms. The van der Waals surface area contributed by atoms with Crippen molar-refractivity contribution in [3.8, 4) is 11.5 Å². The third-order valence-electron chi connectivity index (χ3n) is 12.6. The first kappa shape index (κ1) is 60.6. The van der Waals surface area contributed by atoms with Crippen molar-refractivity contribution in [2.75, 3.05) is 20.8 Å². The molecular weight excluding hydrogens is 987 g/mol. The molecule has 0 spiro atoms. The highest BCUT2D eigenvalue weighted by Crippen LogP contribution is 2.45. The van der Waals surface area contributed by atoms with Gasteiger partial charge in [-0.05, 0) is 84.1 Å². The van der Waals surface area contributed by atoms with Crippen molar-refractivity contribution in [2.45, 2.75) is 180 Å². The van der Waals surface area contributed by atoms with Crippen molar-refractivity contribution in [1.29, 1.82) is 0 Å². The van der Waals surface area contributed by atoms with Gasteiger partial charge in [0, 0.05) is 20.6 Å². The minimum absolute atomic E-state index is 0.0378. The van der Waals surface area contributed by atoms with Gasteiger partial charge in [-0.15, -0.1) is 0 Å². The number of aromatic hydroxyl groups is 2. The number of benzene rings is 1. The second-order valence-electron chi connectivity index (χ2n) is 19.0. The van der Waals surface area contributed by atoms with Crippen LogP contribution in [0, 0.1) is 5.92 Å². The highest BCUT2D eigenvalue weighted by atomic mass is 35.5. The number of ether oxygens (including phenoxy) is 9. The maximum Gasteiger partial charge on any atom is 0.342 e. The summed E-state index contributed by atoms with van der Waals surface area (Å²) in [5.74, 6) is -4.46. The number of rotatable bonds is 13. The maximum absolute atomic E-state index is 13.9. The molecule has 0 saturated carbocycles. The number of hydrogen-bond acceptors (Lipinski definition) is 19. The van der Waals surface area contributed by atoms with Crippen LogP contribution in [0.2, 0.25) is 10.0 Å². The number of halogens is 2. The fraction of sp³-hybridized carbons (Fsp3) is 0.627. The minimum Gasteiger partial charge on any atom is -0.505 e. The Morgan fingerprint density at radius 2 is 1.56 bits per heavy atom.